The lowest BCUT2D eigenvalue weighted by atomic mass is 10.2. The molecule has 1 aromatic carbocycles. The quantitative estimate of drug-likeness (QED) is 0.845. The number of ether oxygens (including phenoxy) is 1. The first-order valence-corrected chi connectivity index (χ1v) is 8.05. The van der Waals surface area contributed by atoms with E-state index in [-0.39, 0.29) is 19.0 Å². The van der Waals surface area contributed by atoms with Crippen molar-refractivity contribution in [2.75, 3.05) is 13.7 Å². The molecule has 5 nitrogen and oxygen atoms in total. The molecule has 9 heteroatoms. The normalized spacial score (nSPS) is 12.8. The molecule has 2 N–H and O–H groups in total. The van der Waals surface area contributed by atoms with Gasteiger partial charge in [-0.15, -0.1) is 23.7 Å². The third kappa shape index (κ3) is 5.60. The van der Waals surface area contributed by atoms with Gasteiger partial charge in [0, 0.05) is 28.7 Å². The van der Waals surface area contributed by atoms with Crippen molar-refractivity contribution in [2.45, 2.75) is 12.6 Å². The lowest BCUT2D eigenvalue weighted by molar-refractivity contribution is -0.120. The van der Waals surface area contributed by atoms with Crippen molar-refractivity contribution >= 4 is 52.9 Å². The van der Waals surface area contributed by atoms with E-state index in [9.17, 15) is 4.79 Å². The largest absolute Gasteiger partial charge is 0.383 e. The van der Waals surface area contributed by atoms with Gasteiger partial charge in [-0.25, -0.2) is 0 Å². The van der Waals surface area contributed by atoms with E-state index in [1.54, 1.807) is 12.1 Å². The Kier molecular flexibility index (Phi) is 8.25. The van der Waals surface area contributed by atoms with Crippen molar-refractivity contribution < 1.29 is 9.53 Å². The van der Waals surface area contributed by atoms with Crippen LogP contribution in [0.5, 0.6) is 0 Å². The highest BCUT2D eigenvalue weighted by Gasteiger charge is 2.12. The van der Waals surface area contributed by atoms with Gasteiger partial charge in [0.1, 0.15) is 6.04 Å². The first-order chi connectivity index (χ1) is 10.5. The van der Waals surface area contributed by atoms with Gasteiger partial charge in [0.05, 0.1) is 13.2 Å². The highest BCUT2D eigenvalue weighted by atomic mass is 35.5. The van der Waals surface area contributed by atoms with Crippen LogP contribution in [-0.4, -0.2) is 30.2 Å². The smallest absolute Gasteiger partial charge is 0.267 e. The second-order valence-electron chi connectivity index (χ2n) is 4.56. The van der Waals surface area contributed by atoms with E-state index < -0.39 is 11.9 Å². The zero-order chi connectivity index (χ0) is 16.1. The number of rotatable bonds is 5. The molecule has 0 aliphatic heterocycles. The first-order valence-electron chi connectivity index (χ1n) is 6.42. The van der Waals surface area contributed by atoms with Crippen LogP contribution in [0, 0.1) is 0 Å². The Morgan fingerprint density at radius 2 is 2.22 bits per heavy atom. The maximum Gasteiger partial charge on any atom is 0.267 e. The highest BCUT2D eigenvalue weighted by molar-refractivity contribution is 7.07. The number of benzene rings is 1. The highest BCUT2D eigenvalue weighted by Crippen LogP contribution is 2.21. The van der Waals surface area contributed by atoms with E-state index in [4.69, 9.17) is 33.7 Å². The minimum Gasteiger partial charge on any atom is -0.383 e. The van der Waals surface area contributed by atoms with E-state index in [1.165, 1.54) is 18.4 Å². The van der Waals surface area contributed by atoms with Gasteiger partial charge in [0.25, 0.3) is 5.91 Å². The van der Waals surface area contributed by atoms with Gasteiger partial charge < -0.3 is 15.0 Å². The van der Waals surface area contributed by atoms with Gasteiger partial charge in [0.15, 0.2) is 4.80 Å². The Morgan fingerprint density at radius 1 is 1.48 bits per heavy atom. The molecule has 2 rings (SSSR count). The summed E-state index contributed by atoms with van der Waals surface area (Å²) in [7, 11) is 1.49. The van der Waals surface area contributed by atoms with E-state index in [1.807, 2.05) is 22.2 Å². The second kappa shape index (κ2) is 9.42. The average molecular weight is 397 g/mol. The SMILES string of the molecule is COCC(N)C(=O)N=c1sccn1Cc1ccc(Cl)cc1Cl.Cl. The van der Waals surface area contributed by atoms with Crippen LogP contribution in [0.3, 0.4) is 0 Å². The molecule has 1 heterocycles. The molecule has 1 amide bonds. The monoisotopic (exact) mass is 395 g/mol. The molecule has 0 radical (unpaired) electrons. The number of nitrogens with zero attached hydrogens (tertiary/aromatic N) is 2. The van der Waals surface area contributed by atoms with E-state index >= 15 is 0 Å². The predicted octanol–water partition coefficient (Wildman–Crippen LogP) is 2.73. The Labute approximate surface area is 154 Å². The predicted molar refractivity (Wildman–Crippen MR) is 95.5 cm³/mol. The zero-order valence-electron chi connectivity index (χ0n) is 12.2. The van der Waals surface area contributed by atoms with Crippen LogP contribution in [0.1, 0.15) is 5.56 Å². The molecule has 2 aromatic rings. The van der Waals surface area contributed by atoms with Crippen LogP contribution >= 0.6 is 46.9 Å². The van der Waals surface area contributed by atoms with Crippen molar-refractivity contribution in [1.82, 2.24) is 4.57 Å². The van der Waals surface area contributed by atoms with Crippen molar-refractivity contribution in [3.63, 3.8) is 0 Å². The zero-order valence-corrected chi connectivity index (χ0v) is 15.4. The molecule has 126 valence electrons. The van der Waals surface area contributed by atoms with Crippen LogP contribution < -0.4 is 10.5 Å². The Hall–Kier alpha value is -0.890. The van der Waals surface area contributed by atoms with Crippen LogP contribution in [-0.2, 0) is 16.1 Å². The maximum atomic E-state index is 11.9. The number of thiazole rings is 1. The molecule has 0 aliphatic rings. The lowest BCUT2D eigenvalue weighted by Gasteiger charge is -2.07. The molecular weight excluding hydrogens is 381 g/mol. The third-order valence-corrected chi connectivity index (χ3v) is 4.27. The summed E-state index contributed by atoms with van der Waals surface area (Å²) in [5.41, 5.74) is 6.57. The standard InChI is InChI=1S/C14H15Cl2N3O2S.ClH/c1-21-8-12(17)13(20)18-14-19(4-5-22-14)7-9-2-3-10(15)6-11(9)16;/h2-6,12H,7-8,17H2,1H3;1H. The molecule has 0 fully saturated rings. The van der Waals surface area contributed by atoms with Crippen LogP contribution in [0.4, 0.5) is 0 Å². The maximum absolute atomic E-state index is 11.9. The number of halogens is 3. The van der Waals surface area contributed by atoms with Crippen molar-refractivity contribution in [3.05, 3.63) is 50.2 Å². The molecular formula is C14H16Cl3N3O2S. The van der Waals surface area contributed by atoms with Crippen LogP contribution in [0.2, 0.25) is 10.0 Å². The van der Waals surface area contributed by atoms with Gasteiger partial charge >= 0.3 is 0 Å². The third-order valence-electron chi connectivity index (χ3n) is 2.89. The fourth-order valence-corrected chi connectivity index (χ4v) is 2.97. The molecule has 0 aliphatic carbocycles. The summed E-state index contributed by atoms with van der Waals surface area (Å²) in [5, 5.41) is 2.99. The number of hydrogen-bond acceptors (Lipinski definition) is 4. The summed E-state index contributed by atoms with van der Waals surface area (Å²) in [6, 6.07) is 4.53. The van der Waals surface area contributed by atoms with Gasteiger partial charge in [-0.2, -0.15) is 4.99 Å². The summed E-state index contributed by atoms with van der Waals surface area (Å²) in [6.07, 6.45) is 1.84. The van der Waals surface area contributed by atoms with E-state index in [2.05, 4.69) is 4.99 Å². The number of carbonyl (C=O) groups is 1. The van der Waals surface area contributed by atoms with Gasteiger partial charge in [-0.05, 0) is 17.7 Å². The Balaban J connectivity index is 0.00000264. The molecule has 0 bridgehead atoms. The molecule has 1 aromatic heterocycles. The van der Waals surface area contributed by atoms with Crippen LogP contribution in [0.25, 0.3) is 0 Å². The summed E-state index contributed by atoms with van der Waals surface area (Å²) >= 11 is 13.4. The second-order valence-corrected chi connectivity index (χ2v) is 6.28. The summed E-state index contributed by atoms with van der Waals surface area (Å²) in [5.74, 6) is -0.416. The fraction of sp³-hybridized carbons (Fsp3) is 0.286. The van der Waals surface area contributed by atoms with Crippen LogP contribution in [0.15, 0.2) is 34.8 Å². The minimum atomic E-state index is -0.764. The Morgan fingerprint density at radius 3 is 2.87 bits per heavy atom. The summed E-state index contributed by atoms with van der Waals surface area (Å²) in [6.45, 7) is 0.627. The van der Waals surface area contributed by atoms with Crippen molar-refractivity contribution in [2.24, 2.45) is 10.7 Å². The molecule has 0 saturated carbocycles. The molecule has 1 atom stereocenters. The first kappa shape index (κ1) is 20.2. The van der Waals surface area contributed by atoms with Crippen molar-refractivity contribution in [1.29, 1.82) is 0 Å². The van der Waals surface area contributed by atoms with Gasteiger partial charge in [0.2, 0.25) is 0 Å². The molecule has 23 heavy (non-hydrogen) atoms. The summed E-state index contributed by atoms with van der Waals surface area (Å²) in [4.78, 5) is 16.5. The van der Waals surface area contributed by atoms with E-state index in [0.29, 0.717) is 21.4 Å². The fourth-order valence-electron chi connectivity index (χ4n) is 1.77. The topological polar surface area (TPSA) is 69.6 Å². The van der Waals surface area contributed by atoms with E-state index in [0.717, 1.165) is 5.56 Å². The number of hydrogen-bond donors (Lipinski definition) is 1. The molecule has 1 unspecified atom stereocenters. The Bertz CT molecular complexity index is 730. The van der Waals surface area contributed by atoms with Gasteiger partial charge in [-0.3, -0.25) is 4.79 Å². The minimum absolute atomic E-state index is 0. The average Bonchev–Trinajstić information content (AvgIpc) is 2.89. The number of aromatic nitrogens is 1. The number of methoxy groups -OCH3 is 1. The molecule has 0 saturated heterocycles. The van der Waals surface area contributed by atoms with Gasteiger partial charge in [-0.1, -0.05) is 29.3 Å². The molecule has 0 spiro atoms. The van der Waals surface area contributed by atoms with Crippen molar-refractivity contribution in [3.8, 4) is 0 Å². The number of carbonyl (C=O) groups excluding carboxylic acids is 1. The summed E-state index contributed by atoms with van der Waals surface area (Å²) < 4.78 is 6.69. The number of amides is 1. The lowest BCUT2D eigenvalue weighted by Crippen LogP contribution is -2.35. The number of nitrogens with two attached hydrogens (primary N) is 1.